The fourth-order valence-electron chi connectivity index (χ4n) is 1.74. The van der Waals surface area contributed by atoms with Crippen molar-refractivity contribution < 1.29 is 0 Å². The molecule has 19 heavy (non-hydrogen) atoms. The molecule has 1 aromatic heterocycles. The number of thioether (sulfide) groups is 1. The van der Waals surface area contributed by atoms with E-state index in [4.69, 9.17) is 0 Å². The van der Waals surface area contributed by atoms with Gasteiger partial charge in [-0.1, -0.05) is 42.1 Å². The molecule has 0 amide bonds. The third-order valence-electron chi connectivity index (χ3n) is 2.78. The molecule has 0 aliphatic heterocycles. The third-order valence-corrected chi connectivity index (χ3v) is 3.85. The van der Waals surface area contributed by atoms with Gasteiger partial charge in [-0.3, -0.25) is 4.57 Å². The van der Waals surface area contributed by atoms with Crippen molar-refractivity contribution in [2.45, 2.75) is 24.5 Å². The molecule has 0 aliphatic rings. The maximum Gasteiger partial charge on any atom is 0.343 e. The van der Waals surface area contributed by atoms with Crippen LogP contribution in [0.4, 0.5) is 0 Å². The summed E-state index contributed by atoms with van der Waals surface area (Å²) in [5, 5.41) is 16.2. The Morgan fingerprint density at radius 2 is 2.21 bits per heavy atom. The van der Waals surface area contributed by atoms with Crippen LogP contribution >= 0.6 is 11.8 Å². The van der Waals surface area contributed by atoms with Gasteiger partial charge in [0.1, 0.15) is 0 Å². The number of nitrogens with zero attached hydrogens (tertiary/aromatic N) is 3. The smallest absolute Gasteiger partial charge is 0.270 e. The number of rotatable bonds is 5. The number of aromatic nitrogens is 3. The van der Waals surface area contributed by atoms with Crippen molar-refractivity contribution >= 4 is 11.8 Å². The van der Waals surface area contributed by atoms with Crippen molar-refractivity contribution in [1.29, 1.82) is 5.26 Å². The van der Waals surface area contributed by atoms with Gasteiger partial charge in [0, 0.05) is 12.3 Å². The quantitative estimate of drug-likeness (QED) is 0.846. The lowest BCUT2D eigenvalue weighted by Gasteiger charge is -2.08. The van der Waals surface area contributed by atoms with Gasteiger partial charge in [-0.2, -0.15) is 5.26 Å². The fourth-order valence-corrected chi connectivity index (χ4v) is 2.80. The largest absolute Gasteiger partial charge is 0.343 e. The van der Waals surface area contributed by atoms with Crippen LogP contribution < -0.4 is 5.69 Å². The first kappa shape index (κ1) is 13.4. The van der Waals surface area contributed by atoms with E-state index < -0.39 is 0 Å². The number of H-pyrrole nitrogens is 1. The molecule has 1 aromatic carbocycles. The van der Waals surface area contributed by atoms with Crippen LogP contribution in [0.2, 0.25) is 0 Å². The lowest BCUT2D eigenvalue weighted by atomic mass is 10.0. The Morgan fingerprint density at radius 1 is 1.47 bits per heavy atom. The summed E-state index contributed by atoms with van der Waals surface area (Å²) >= 11 is 1.42. The third kappa shape index (κ3) is 3.06. The van der Waals surface area contributed by atoms with E-state index in [0.29, 0.717) is 17.5 Å². The molecule has 2 rings (SSSR count). The molecule has 1 unspecified atom stereocenters. The zero-order valence-electron chi connectivity index (χ0n) is 10.5. The summed E-state index contributed by atoms with van der Waals surface area (Å²) in [4.78, 5) is 11.4. The minimum atomic E-state index is -0.210. The summed E-state index contributed by atoms with van der Waals surface area (Å²) in [6.07, 6.45) is 0. The van der Waals surface area contributed by atoms with E-state index in [1.165, 1.54) is 11.8 Å². The molecule has 0 radical (unpaired) electrons. The van der Waals surface area contributed by atoms with Crippen molar-refractivity contribution in [3.8, 4) is 6.07 Å². The van der Waals surface area contributed by atoms with E-state index in [1.54, 1.807) is 4.57 Å². The van der Waals surface area contributed by atoms with E-state index in [1.807, 2.05) is 37.3 Å². The van der Waals surface area contributed by atoms with E-state index >= 15 is 0 Å². The molecule has 0 aliphatic carbocycles. The molecule has 0 bridgehead atoms. The van der Waals surface area contributed by atoms with Gasteiger partial charge in [0.05, 0.1) is 12.0 Å². The van der Waals surface area contributed by atoms with E-state index in [2.05, 4.69) is 16.3 Å². The predicted octanol–water partition coefficient (Wildman–Crippen LogP) is 1.99. The Hall–Kier alpha value is -2.00. The van der Waals surface area contributed by atoms with Crippen molar-refractivity contribution in [2.75, 3.05) is 5.75 Å². The molecule has 98 valence electrons. The molecule has 0 spiro atoms. The molecule has 1 N–H and O–H groups in total. The van der Waals surface area contributed by atoms with Crippen molar-refractivity contribution in [1.82, 2.24) is 14.8 Å². The van der Waals surface area contributed by atoms with Gasteiger partial charge in [0.2, 0.25) is 0 Å². The van der Waals surface area contributed by atoms with E-state index in [0.717, 1.165) is 5.56 Å². The Labute approximate surface area is 115 Å². The van der Waals surface area contributed by atoms with Crippen LogP contribution in [0.1, 0.15) is 18.4 Å². The number of aromatic amines is 1. The maximum absolute atomic E-state index is 11.4. The molecule has 0 saturated heterocycles. The zero-order valence-corrected chi connectivity index (χ0v) is 11.4. The number of hydrogen-bond donors (Lipinski definition) is 1. The highest BCUT2D eigenvalue weighted by molar-refractivity contribution is 7.99. The Bertz CT molecular complexity index is 626. The van der Waals surface area contributed by atoms with Gasteiger partial charge >= 0.3 is 5.69 Å². The molecule has 5 nitrogen and oxygen atoms in total. The Kier molecular flexibility index (Phi) is 4.42. The molecule has 6 heteroatoms. The van der Waals surface area contributed by atoms with Gasteiger partial charge in [-0.15, -0.1) is 5.10 Å². The number of hydrogen-bond acceptors (Lipinski definition) is 4. The standard InChI is InChI=1S/C13H14N4OS/c1-2-17-12(18)15-16-13(17)19-9-11(8-14)10-6-4-3-5-7-10/h3-7,11H,2,9H2,1H3,(H,15,18). The number of benzene rings is 1. The van der Waals surface area contributed by atoms with Crippen LogP contribution in [0.15, 0.2) is 40.3 Å². The highest BCUT2D eigenvalue weighted by Gasteiger charge is 2.14. The predicted molar refractivity (Wildman–Crippen MR) is 74.0 cm³/mol. The fraction of sp³-hybridized carbons (Fsp3) is 0.308. The summed E-state index contributed by atoms with van der Waals surface area (Å²) < 4.78 is 1.56. The topological polar surface area (TPSA) is 74.5 Å². The maximum atomic E-state index is 11.4. The summed E-state index contributed by atoms with van der Waals surface area (Å²) in [6.45, 7) is 2.46. The highest BCUT2D eigenvalue weighted by Crippen LogP contribution is 2.23. The molecule has 1 atom stereocenters. The van der Waals surface area contributed by atoms with Crippen molar-refractivity contribution in [3.63, 3.8) is 0 Å². The van der Waals surface area contributed by atoms with E-state index in [-0.39, 0.29) is 11.6 Å². The second-order valence-corrected chi connectivity index (χ2v) is 4.95. The van der Waals surface area contributed by atoms with Gasteiger partial charge in [0.15, 0.2) is 5.16 Å². The highest BCUT2D eigenvalue weighted by atomic mass is 32.2. The Balaban J connectivity index is 2.09. The van der Waals surface area contributed by atoms with Crippen LogP contribution in [0, 0.1) is 11.3 Å². The van der Waals surface area contributed by atoms with Crippen molar-refractivity contribution in [2.24, 2.45) is 0 Å². The lowest BCUT2D eigenvalue weighted by molar-refractivity contribution is 0.660. The first-order chi connectivity index (χ1) is 9.26. The minimum absolute atomic E-state index is 0.205. The minimum Gasteiger partial charge on any atom is -0.270 e. The van der Waals surface area contributed by atoms with Crippen LogP contribution in [-0.2, 0) is 6.54 Å². The second kappa shape index (κ2) is 6.25. The average molecular weight is 274 g/mol. The first-order valence-corrected chi connectivity index (χ1v) is 6.97. The van der Waals surface area contributed by atoms with Gasteiger partial charge < -0.3 is 0 Å². The summed E-state index contributed by atoms with van der Waals surface area (Å²) in [5.41, 5.74) is 0.775. The van der Waals surface area contributed by atoms with Crippen LogP contribution in [0.3, 0.4) is 0 Å². The molecule has 0 saturated carbocycles. The second-order valence-electron chi connectivity index (χ2n) is 3.96. The molecule has 0 fully saturated rings. The zero-order chi connectivity index (χ0) is 13.7. The van der Waals surface area contributed by atoms with Crippen LogP contribution in [0.5, 0.6) is 0 Å². The van der Waals surface area contributed by atoms with Crippen molar-refractivity contribution in [3.05, 3.63) is 46.4 Å². The number of nitrogens with one attached hydrogen (secondary N) is 1. The van der Waals surface area contributed by atoms with Gasteiger partial charge in [-0.05, 0) is 12.5 Å². The summed E-state index contributed by atoms with van der Waals surface area (Å²) in [6, 6.07) is 11.9. The van der Waals surface area contributed by atoms with Gasteiger partial charge in [0.25, 0.3) is 0 Å². The molecule has 2 aromatic rings. The van der Waals surface area contributed by atoms with Crippen LogP contribution in [0.25, 0.3) is 0 Å². The van der Waals surface area contributed by atoms with Crippen LogP contribution in [-0.4, -0.2) is 20.5 Å². The lowest BCUT2D eigenvalue weighted by Crippen LogP contribution is -2.16. The molecule has 1 heterocycles. The average Bonchev–Trinajstić information content (AvgIpc) is 2.81. The van der Waals surface area contributed by atoms with E-state index in [9.17, 15) is 10.1 Å². The summed E-state index contributed by atoms with van der Waals surface area (Å²) in [7, 11) is 0. The van der Waals surface area contributed by atoms with Gasteiger partial charge in [-0.25, -0.2) is 9.89 Å². The molecular formula is C13H14N4OS. The SMILES string of the molecule is CCn1c(SCC(C#N)c2ccccc2)n[nH]c1=O. The summed E-state index contributed by atoms with van der Waals surface area (Å²) in [5.74, 6) is 0.369. The normalized spacial score (nSPS) is 12.0. The first-order valence-electron chi connectivity index (χ1n) is 5.98. The molecular weight excluding hydrogens is 260 g/mol. The number of nitriles is 1. The Morgan fingerprint density at radius 3 is 2.84 bits per heavy atom. The monoisotopic (exact) mass is 274 g/mol.